The monoisotopic (exact) mass is 275 g/mol. The van der Waals surface area contributed by atoms with Gasteiger partial charge in [0.1, 0.15) is 0 Å². The van der Waals surface area contributed by atoms with E-state index in [1.54, 1.807) is 18.2 Å². The topological polar surface area (TPSA) is 122 Å². The maximum absolute atomic E-state index is 11.7. The Labute approximate surface area is 116 Å². The number of hydrogen-bond donors (Lipinski definition) is 4. The molecule has 106 valence electrons. The number of rotatable bonds is 5. The number of nitrogens with zero attached hydrogens (tertiary/aromatic N) is 3. The lowest BCUT2D eigenvalue weighted by molar-refractivity contribution is 0.0956. The third-order valence-electron chi connectivity index (χ3n) is 2.77. The number of carbonyl (C=O) groups is 1. The maximum Gasteiger partial charge on any atom is 0.251 e. The van der Waals surface area contributed by atoms with Gasteiger partial charge in [-0.1, -0.05) is 5.21 Å². The second kappa shape index (κ2) is 6.00. The molecule has 0 saturated heterocycles. The van der Waals surface area contributed by atoms with Gasteiger partial charge in [-0.2, -0.15) is 5.21 Å². The average molecular weight is 275 g/mol. The first-order valence-electron chi connectivity index (χ1n) is 6.29. The molecule has 0 aliphatic carbocycles. The smallest absolute Gasteiger partial charge is 0.251 e. The molecule has 0 radical (unpaired) electrons. The summed E-state index contributed by atoms with van der Waals surface area (Å²) in [5.74, 6) is 0.397. The number of hydrogen-bond acceptors (Lipinski definition) is 6. The second-order valence-corrected chi connectivity index (χ2v) is 4.30. The quantitative estimate of drug-likeness (QED) is 0.596. The van der Waals surface area contributed by atoms with Crippen LogP contribution in [0.2, 0.25) is 0 Å². The molecule has 0 spiro atoms. The number of carbonyl (C=O) groups excluding carboxylic acids is 1. The minimum atomic E-state index is -0.147. The summed E-state index contributed by atoms with van der Waals surface area (Å²) in [5.41, 5.74) is 7.69. The Balaban J connectivity index is 2.12. The summed E-state index contributed by atoms with van der Waals surface area (Å²) in [4.78, 5) is 11.7. The average Bonchev–Trinajstić information content (AvgIpc) is 2.95. The fraction of sp³-hybridized carbons (Fsp3) is 0.333. The summed E-state index contributed by atoms with van der Waals surface area (Å²) in [6.45, 7) is 4.33. The van der Waals surface area contributed by atoms with Gasteiger partial charge in [-0.15, -0.1) is 10.2 Å². The molecule has 2 aromatic rings. The fourth-order valence-electron chi connectivity index (χ4n) is 1.75. The predicted octanol–water partition coefficient (Wildman–Crippen LogP) is 0.705. The van der Waals surface area contributed by atoms with Crippen molar-refractivity contribution in [1.29, 1.82) is 0 Å². The van der Waals surface area contributed by atoms with E-state index in [4.69, 9.17) is 5.73 Å². The van der Waals surface area contributed by atoms with Crippen LogP contribution in [0.3, 0.4) is 0 Å². The lowest BCUT2D eigenvalue weighted by atomic mass is 10.1. The molecule has 8 heteroatoms. The van der Waals surface area contributed by atoms with Crippen LogP contribution in [-0.4, -0.2) is 33.1 Å². The fourth-order valence-corrected chi connectivity index (χ4v) is 1.75. The molecule has 0 aliphatic heterocycles. The van der Waals surface area contributed by atoms with Crippen LogP contribution in [0.25, 0.3) is 0 Å². The van der Waals surface area contributed by atoms with Gasteiger partial charge in [0.2, 0.25) is 0 Å². The normalized spacial score (nSPS) is 11.9. The van der Waals surface area contributed by atoms with E-state index in [1.807, 2.05) is 13.8 Å². The van der Waals surface area contributed by atoms with Crippen LogP contribution in [0, 0.1) is 0 Å². The molecule has 1 aromatic carbocycles. The highest BCUT2D eigenvalue weighted by molar-refractivity contribution is 5.96. The van der Waals surface area contributed by atoms with E-state index in [0.29, 0.717) is 23.6 Å². The number of tetrazole rings is 1. The zero-order valence-electron chi connectivity index (χ0n) is 11.3. The molecular weight excluding hydrogens is 258 g/mol. The Bertz CT molecular complexity index is 581. The summed E-state index contributed by atoms with van der Waals surface area (Å²) >= 11 is 0. The van der Waals surface area contributed by atoms with Crippen molar-refractivity contribution in [3.8, 4) is 0 Å². The predicted molar refractivity (Wildman–Crippen MR) is 75.1 cm³/mol. The minimum Gasteiger partial charge on any atom is -0.397 e. The molecule has 5 N–H and O–H groups in total. The lowest BCUT2D eigenvalue weighted by Crippen LogP contribution is -2.22. The van der Waals surface area contributed by atoms with E-state index in [2.05, 4.69) is 31.3 Å². The molecule has 0 fully saturated rings. The number of nitrogens with two attached hydrogens (primary N) is 1. The summed E-state index contributed by atoms with van der Waals surface area (Å²) in [6, 6.07) is 4.96. The molecule has 20 heavy (non-hydrogen) atoms. The second-order valence-electron chi connectivity index (χ2n) is 4.30. The van der Waals surface area contributed by atoms with E-state index in [-0.39, 0.29) is 11.9 Å². The molecule has 1 amide bonds. The van der Waals surface area contributed by atoms with Gasteiger partial charge < -0.3 is 16.4 Å². The van der Waals surface area contributed by atoms with Gasteiger partial charge in [0.25, 0.3) is 5.91 Å². The van der Waals surface area contributed by atoms with Crippen molar-refractivity contribution in [2.75, 3.05) is 17.6 Å². The zero-order chi connectivity index (χ0) is 14.5. The van der Waals surface area contributed by atoms with Gasteiger partial charge >= 0.3 is 0 Å². The highest BCUT2D eigenvalue weighted by Gasteiger charge is 2.12. The molecule has 1 heterocycles. The van der Waals surface area contributed by atoms with Crippen LogP contribution < -0.4 is 16.4 Å². The third kappa shape index (κ3) is 3.02. The minimum absolute atomic E-state index is 0.142. The summed E-state index contributed by atoms with van der Waals surface area (Å²) < 4.78 is 0. The van der Waals surface area contributed by atoms with Gasteiger partial charge in [0.05, 0.1) is 17.4 Å². The third-order valence-corrected chi connectivity index (χ3v) is 2.77. The molecule has 8 nitrogen and oxygen atoms in total. The number of anilines is 2. The van der Waals surface area contributed by atoms with Gasteiger partial charge in [0.15, 0.2) is 5.82 Å². The first-order chi connectivity index (χ1) is 9.61. The van der Waals surface area contributed by atoms with Crippen LogP contribution in [-0.2, 0) is 0 Å². The van der Waals surface area contributed by atoms with E-state index < -0.39 is 0 Å². The highest BCUT2D eigenvalue weighted by Crippen LogP contribution is 2.23. The molecule has 2 rings (SSSR count). The van der Waals surface area contributed by atoms with Crippen molar-refractivity contribution in [3.63, 3.8) is 0 Å². The van der Waals surface area contributed by atoms with Crippen molar-refractivity contribution >= 4 is 17.3 Å². The van der Waals surface area contributed by atoms with Gasteiger partial charge in [0, 0.05) is 12.1 Å². The van der Waals surface area contributed by atoms with Crippen LogP contribution in [0.4, 0.5) is 11.4 Å². The largest absolute Gasteiger partial charge is 0.397 e. The van der Waals surface area contributed by atoms with Crippen molar-refractivity contribution < 1.29 is 4.79 Å². The van der Waals surface area contributed by atoms with Crippen molar-refractivity contribution in [2.24, 2.45) is 0 Å². The van der Waals surface area contributed by atoms with E-state index >= 15 is 0 Å². The lowest BCUT2D eigenvalue weighted by Gasteiger charge is -2.14. The molecule has 0 aliphatic rings. The number of benzene rings is 1. The number of aromatic amines is 1. The van der Waals surface area contributed by atoms with Crippen LogP contribution in [0.1, 0.15) is 36.1 Å². The molecule has 0 bridgehead atoms. The van der Waals surface area contributed by atoms with E-state index in [9.17, 15) is 4.79 Å². The zero-order valence-corrected chi connectivity index (χ0v) is 11.3. The van der Waals surface area contributed by atoms with Gasteiger partial charge in [-0.05, 0) is 32.0 Å². The Hall–Kier alpha value is -2.64. The Morgan fingerprint density at radius 3 is 2.90 bits per heavy atom. The van der Waals surface area contributed by atoms with Crippen LogP contribution >= 0.6 is 0 Å². The molecule has 1 aromatic heterocycles. The number of amides is 1. The van der Waals surface area contributed by atoms with Crippen molar-refractivity contribution in [3.05, 3.63) is 29.6 Å². The summed E-state index contributed by atoms with van der Waals surface area (Å²) in [6.07, 6.45) is 0. The molecule has 1 unspecified atom stereocenters. The first-order valence-corrected chi connectivity index (χ1v) is 6.29. The van der Waals surface area contributed by atoms with Gasteiger partial charge in [-0.25, -0.2) is 0 Å². The Morgan fingerprint density at radius 2 is 2.30 bits per heavy atom. The van der Waals surface area contributed by atoms with Crippen LogP contribution in [0.5, 0.6) is 0 Å². The number of aromatic nitrogens is 4. The van der Waals surface area contributed by atoms with Gasteiger partial charge in [-0.3, -0.25) is 4.79 Å². The summed E-state index contributed by atoms with van der Waals surface area (Å²) in [7, 11) is 0. The Kier molecular flexibility index (Phi) is 4.14. The highest BCUT2D eigenvalue weighted by atomic mass is 16.1. The maximum atomic E-state index is 11.7. The van der Waals surface area contributed by atoms with Crippen molar-refractivity contribution in [2.45, 2.75) is 19.9 Å². The van der Waals surface area contributed by atoms with Crippen LogP contribution in [0.15, 0.2) is 18.2 Å². The summed E-state index contributed by atoms with van der Waals surface area (Å²) in [5, 5.41) is 19.6. The van der Waals surface area contributed by atoms with Crippen molar-refractivity contribution in [1.82, 2.24) is 25.9 Å². The first kappa shape index (κ1) is 13.8. The molecular formula is C12H17N7O. The molecule has 0 saturated carbocycles. The molecule has 1 atom stereocenters. The number of H-pyrrole nitrogens is 1. The SMILES string of the molecule is CCNC(=O)c1ccc(NC(C)c2nn[nH]n2)c(N)c1. The Morgan fingerprint density at radius 1 is 1.50 bits per heavy atom. The number of nitrogens with one attached hydrogen (secondary N) is 3. The van der Waals surface area contributed by atoms with E-state index in [1.165, 1.54) is 0 Å². The number of nitrogen functional groups attached to an aromatic ring is 1. The standard InChI is InChI=1S/C12H17N7O/c1-3-14-12(20)8-4-5-10(9(13)6-8)15-7(2)11-16-18-19-17-11/h4-7,15H,3,13H2,1-2H3,(H,14,20)(H,16,17,18,19). The van der Waals surface area contributed by atoms with E-state index in [0.717, 1.165) is 5.69 Å².